The molecule has 2 rings (SSSR count). The molecule has 7 heteroatoms. The van der Waals surface area contributed by atoms with Gasteiger partial charge >= 0.3 is 5.97 Å². The second kappa shape index (κ2) is 6.17. The molecule has 1 N–H and O–H groups in total. The Kier molecular flexibility index (Phi) is 4.52. The number of hydrogen-bond donors (Lipinski definition) is 1. The van der Waals surface area contributed by atoms with Crippen LogP contribution in [0.1, 0.15) is 21.7 Å². The van der Waals surface area contributed by atoms with Gasteiger partial charge < -0.3 is 14.6 Å². The Labute approximate surface area is 130 Å². The fourth-order valence-electron chi connectivity index (χ4n) is 1.93. The molecule has 6 nitrogen and oxygen atoms in total. The van der Waals surface area contributed by atoms with Crippen LogP contribution in [0.2, 0.25) is 0 Å². The molecule has 2 aromatic rings. The summed E-state index contributed by atoms with van der Waals surface area (Å²) in [7, 11) is 3.31. The lowest BCUT2D eigenvalue weighted by atomic mass is 10.2. The minimum Gasteiger partial charge on any atom is -0.493 e. The number of nitrogens with zero attached hydrogens (tertiary/aromatic N) is 2. The summed E-state index contributed by atoms with van der Waals surface area (Å²) >= 11 is 3.31. The summed E-state index contributed by atoms with van der Waals surface area (Å²) in [5, 5.41) is 13.3. The standard InChI is InChI=1S/C14H15BrN2O4/c1-8-4-10(17(2)16-8)7-21-13-11(15)5-9(14(18)19)6-12(13)20-3/h4-6H,7H2,1-3H3,(H,18,19). The molecule has 21 heavy (non-hydrogen) atoms. The van der Waals surface area contributed by atoms with Gasteiger partial charge in [-0.15, -0.1) is 0 Å². The average molecular weight is 355 g/mol. The van der Waals surface area contributed by atoms with Gasteiger partial charge in [0.15, 0.2) is 11.5 Å². The Hall–Kier alpha value is -2.02. The topological polar surface area (TPSA) is 73.6 Å². The summed E-state index contributed by atoms with van der Waals surface area (Å²) in [4.78, 5) is 11.0. The van der Waals surface area contributed by atoms with Crippen LogP contribution in [0, 0.1) is 6.92 Å². The molecule has 0 amide bonds. The molecule has 1 aromatic heterocycles. The fourth-order valence-corrected chi connectivity index (χ4v) is 2.49. The van der Waals surface area contributed by atoms with E-state index in [0.29, 0.717) is 22.6 Å². The molecule has 1 heterocycles. The predicted octanol–water partition coefficient (Wildman–Crippen LogP) is 2.78. The van der Waals surface area contributed by atoms with Crippen LogP contribution in [-0.4, -0.2) is 28.0 Å². The Morgan fingerprint density at radius 1 is 1.43 bits per heavy atom. The van der Waals surface area contributed by atoms with Gasteiger partial charge in [-0.3, -0.25) is 4.68 Å². The molecule has 0 bridgehead atoms. The van der Waals surface area contributed by atoms with Crippen LogP contribution in [0.25, 0.3) is 0 Å². The number of halogens is 1. The van der Waals surface area contributed by atoms with Gasteiger partial charge in [0.25, 0.3) is 0 Å². The van der Waals surface area contributed by atoms with Crippen molar-refractivity contribution in [1.82, 2.24) is 9.78 Å². The van der Waals surface area contributed by atoms with Crippen molar-refractivity contribution in [3.05, 3.63) is 39.6 Å². The van der Waals surface area contributed by atoms with Gasteiger partial charge in [0.1, 0.15) is 6.61 Å². The van der Waals surface area contributed by atoms with E-state index < -0.39 is 5.97 Å². The summed E-state index contributed by atoms with van der Waals surface area (Å²) in [6, 6.07) is 4.83. The highest BCUT2D eigenvalue weighted by Gasteiger charge is 2.15. The molecule has 0 atom stereocenters. The smallest absolute Gasteiger partial charge is 0.335 e. The van der Waals surface area contributed by atoms with Crippen molar-refractivity contribution in [2.75, 3.05) is 7.11 Å². The third-order valence-corrected chi connectivity index (χ3v) is 3.53. The zero-order valence-corrected chi connectivity index (χ0v) is 13.5. The first-order chi connectivity index (χ1) is 9.92. The second-order valence-corrected chi connectivity index (χ2v) is 5.34. The van der Waals surface area contributed by atoms with E-state index >= 15 is 0 Å². The van der Waals surface area contributed by atoms with E-state index in [1.807, 2.05) is 20.0 Å². The number of aromatic carboxylic acids is 1. The van der Waals surface area contributed by atoms with Gasteiger partial charge in [-0.1, -0.05) is 0 Å². The normalized spacial score (nSPS) is 10.5. The average Bonchev–Trinajstić information content (AvgIpc) is 2.74. The van der Waals surface area contributed by atoms with E-state index in [9.17, 15) is 4.79 Å². The van der Waals surface area contributed by atoms with E-state index in [0.717, 1.165) is 11.4 Å². The van der Waals surface area contributed by atoms with E-state index in [1.165, 1.54) is 19.2 Å². The molecular weight excluding hydrogens is 340 g/mol. The number of aryl methyl sites for hydroxylation is 2. The van der Waals surface area contributed by atoms with Gasteiger partial charge in [0.05, 0.1) is 28.5 Å². The number of carboxylic acid groups (broad SMARTS) is 1. The van der Waals surface area contributed by atoms with Crippen molar-refractivity contribution in [2.24, 2.45) is 7.05 Å². The Morgan fingerprint density at radius 2 is 2.14 bits per heavy atom. The number of benzene rings is 1. The van der Waals surface area contributed by atoms with Crippen LogP contribution in [0.5, 0.6) is 11.5 Å². The number of carbonyl (C=O) groups is 1. The summed E-state index contributed by atoms with van der Waals surface area (Å²) in [6.45, 7) is 2.21. The van der Waals surface area contributed by atoms with E-state index in [1.54, 1.807) is 4.68 Å². The first-order valence-electron chi connectivity index (χ1n) is 6.15. The molecule has 1 aromatic carbocycles. The van der Waals surface area contributed by atoms with Crippen LogP contribution in [0.3, 0.4) is 0 Å². The van der Waals surface area contributed by atoms with Crippen LogP contribution in [-0.2, 0) is 13.7 Å². The predicted molar refractivity (Wildman–Crippen MR) is 79.9 cm³/mol. The Morgan fingerprint density at radius 3 is 2.67 bits per heavy atom. The summed E-state index contributed by atoms with van der Waals surface area (Å²) in [6.07, 6.45) is 0. The number of hydrogen-bond acceptors (Lipinski definition) is 4. The van der Waals surface area contributed by atoms with Crippen molar-refractivity contribution in [1.29, 1.82) is 0 Å². The van der Waals surface area contributed by atoms with Crippen molar-refractivity contribution >= 4 is 21.9 Å². The van der Waals surface area contributed by atoms with Gasteiger partial charge in [-0.05, 0) is 41.1 Å². The van der Waals surface area contributed by atoms with Crippen molar-refractivity contribution in [2.45, 2.75) is 13.5 Å². The Bertz CT molecular complexity index is 682. The van der Waals surface area contributed by atoms with E-state index in [-0.39, 0.29) is 5.56 Å². The van der Waals surface area contributed by atoms with E-state index in [2.05, 4.69) is 21.0 Å². The molecule has 0 aliphatic carbocycles. The Balaban J connectivity index is 2.27. The highest BCUT2D eigenvalue weighted by atomic mass is 79.9. The minimum atomic E-state index is -1.03. The molecule has 0 unspecified atom stereocenters. The lowest BCUT2D eigenvalue weighted by Gasteiger charge is -2.13. The van der Waals surface area contributed by atoms with Crippen molar-refractivity contribution < 1.29 is 19.4 Å². The molecular formula is C14H15BrN2O4. The maximum atomic E-state index is 11.0. The van der Waals surface area contributed by atoms with Crippen LogP contribution >= 0.6 is 15.9 Å². The molecule has 0 saturated carbocycles. The molecule has 112 valence electrons. The monoisotopic (exact) mass is 354 g/mol. The zero-order valence-electron chi connectivity index (χ0n) is 11.9. The highest BCUT2D eigenvalue weighted by Crippen LogP contribution is 2.37. The first-order valence-corrected chi connectivity index (χ1v) is 6.94. The maximum absolute atomic E-state index is 11.0. The summed E-state index contributed by atoms with van der Waals surface area (Å²) in [5.74, 6) is -0.204. The van der Waals surface area contributed by atoms with Gasteiger partial charge in [-0.25, -0.2) is 4.79 Å². The molecule has 0 fully saturated rings. The van der Waals surface area contributed by atoms with Gasteiger partial charge in [0, 0.05) is 7.05 Å². The lowest BCUT2D eigenvalue weighted by Crippen LogP contribution is -2.05. The van der Waals surface area contributed by atoms with Gasteiger partial charge in [-0.2, -0.15) is 5.10 Å². The largest absolute Gasteiger partial charge is 0.493 e. The molecule has 0 spiro atoms. The molecule has 0 radical (unpaired) electrons. The second-order valence-electron chi connectivity index (χ2n) is 4.48. The van der Waals surface area contributed by atoms with Crippen molar-refractivity contribution in [3.8, 4) is 11.5 Å². The summed E-state index contributed by atoms with van der Waals surface area (Å²) < 4.78 is 13.2. The molecule has 0 aliphatic rings. The molecule has 0 saturated heterocycles. The van der Waals surface area contributed by atoms with Crippen LogP contribution in [0.15, 0.2) is 22.7 Å². The first kappa shape index (κ1) is 15.4. The number of ether oxygens (including phenoxy) is 2. The SMILES string of the molecule is COc1cc(C(=O)O)cc(Br)c1OCc1cc(C)nn1C. The number of methoxy groups -OCH3 is 1. The summed E-state index contributed by atoms with van der Waals surface area (Å²) in [5.41, 5.74) is 1.94. The minimum absolute atomic E-state index is 0.127. The number of aromatic nitrogens is 2. The number of rotatable bonds is 5. The lowest BCUT2D eigenvalue weighted by molar-refractivity contribution is 0.0696. The number of carboxylic acids is 1. The molecule has 0 aliphatic heterocycles. The fraction of sp³-hybridized carbons (Fsp3) is 0.286. The highest BCUT2D eigenvalue weighted by molar-refractivity contribution is 9.10. The van der Waals surface area contributed by atoms with Crippen LogP contribution in [0.4, 0.5) is 0 Å². The zero-order chi connectivity index (χ0) is 15.6. The van der Waals surface area contributed by atoms with Crippen molar-refractivity contribution in [3.63, 3.8) is 0 Å². The van der Waals surface area contributed by atoms with Gasteiger partial charge in [0.2, 0.25) is 0 Å². The van der Waals surface area contributed by atoms with E-state index in [4.69, 9.17) is 14.6 Å². The third-order valence-electron chi connectivity index (χ3n) is 2.94. The third kappa shape index (κ3) is 3.36. The quantitative estimate of drug-likeness (QED) is 0.893. The maximum Gasteiger partial charge on any atom is 0.335 e. The van der Waals surface area contributed by atoms with Crippen LogP contribution < -0.4 is 9.47 Å².